The number of thiophene rings is 1. The van der Waals surface area contributed by atoms with E-state index in [1.165, 1.54) is 4.88 Å². The van der Waals surface area contributed by atoms with Crippen LogP contribution in [0.3, 0.4) is 0 Å². The van der Waals surface area contributed by atoms with Crippen molar-refractivity contribution in [1.82, 2.24) is 15.1 Å². The lowest BCUT2D eigenvalue weighted by Gasteiger charge is -2.37. The van der Waals surface area contributed by atoms with E-state index < -0.39 is 0 Å². The number of amides is 3. The van der Waals surface area contributed by atoms with Gasteiger partial charge in [0.05, 0.1) is 6.04 Å². The van der Waals surface area contributed by atoms with Crippen LogP contribution in [0.2, 0.25) is 0 Å². The Bertz CT molecular complexity index is 824. The van der Waals surface area contributed by atoms with Crippen LogP contribution in [-0.2, 0) is 11.2 Å². The van der Waals surface area contributed by atoms with Gasteiger partial charge in [-0.15, -0.1) is 11.3 Å². The molecule has 0 unspecified atom stereocenters. The van der Waals surface area contributed by atoms with Gasteiger partial charge in [0.2, 0.25) is 5.91 Å². The lowest BCUT2D eigenvalue weighted by Crippen LogP contribution is -2.50. The Hall–Kier alpha value is -2.54. The molecule has 0 aliphatic carbocycles. The molecule has 3 rings (SSSR count). The molecule has 0 radical (unpaired) electrons. The first kappa shape index (κ1) is 22.2. The third-order valence-electron chi connectivity index (χ3n) is 5.20. The van der Waals surface area contributed by atoms with Gasteiger partial charge < -0.3 is 19.9 Å². The molecule has 0 spiro atoms. The molecule has 0 fully saturated rings. The third kappa shape index (κ3) is 5.53. The zero-order chi connectivity index (χ0) is 21.3. The number of hydrogen-bond acceptors (Lipinski definition) is 4. The maximum atomic E-state index is 13.3. The largest absolute Gasteiger partial charge is 0.491 e. The number of nitrogens with zero attached hydrogens (tertiary/aromatic N) is 2. The predicted molar refractivity (Wildman–Crippen MR) is 120 cm³/mol. The van der Waals surface area contributed by atoms with Gasteiger partial charge in [-0.3, -0.25) is 4.79 Å². The van der Waals surface area contributed by atoms with E-state index >= 15 is 0 Å². The van der Waals surface area contributed by atoms with Gasteiger partial charge in [-0.25, -0.2) is 4.79 Å². The molecule has 0 saturated heterocycles. The van der Waals surface area contributed by atoms with Crippen LogP contribution in [0.5, 0.6) is 5.75 Å². The van der Waals surface area contributed by atoms with E-state index in [0.717, 1.165) is 30.6 Å². The molecule has 1 atom stereocenters. The first-order valence-corrected chi connectivity index (χ1v) is 11.6. The highest BCUT2D eigenvalue weighted by atomic mass is 32.1. The Morgan fingerprint density at radius 3 is 2.73 bits per heavy atom. The molecule has 162 valence electrons. The van der Waals surface area contributed by atoms with Gasteiger partial charge in [-0.05, 0) is 48.4 Å². The number of ether oxygens (including phenoxy) is 1. The lowest BCUT2D eigenvalue weighted by atomic mass is 10.0. The van der Waals surface area contributed by atoms with Crippen LogP contribution < -0.4 is 10.1 Å². The topological polar surface area (TPSA) is 61.9 Å². The number of urea groups is 1. The second kappa shape index (κ2) is 11.0. The molecule has 0 bridgehead atoms. The standard InChI is InChI=1S/C23H31N3O3S/c1-3-12-24-23(28)25(13-4-2)16-22(27)26-14-10-21-19(11-15-30-21)20(26)17-29-18-8-6-5-7-9-18/h5-9,11,15,20H,3-4,10,12-14,16-17H2,1-2H3,(H,24,28)/t20-/m0/s1. The van der Waals surface area contributed by atoms with Gasteiger partial charge in [0.1, 0.15) is 18.9 Å². The van der Waals surface area contributed by atoms with Crippen LogP contribution in [0.4, 0.5) is 4.79 Å². The van der Waals surface area contributed by atoms with Crippen molar-refractivity contribution in [3.63, 3.8) is 0 Å². The fourth-order valence-corrected chi connectivity index (χ4v) is 4.61. The number of benzene rings is 1. The minimum Gasteiger partial charge on any atom is -0.491 e. The second-order valence-corrected chi connectivity index (χ2v) is 8.43. The first-order valence-electron chi connectivity index (χ1n) is 10.7. The summed E-state index contributed by atoms with van der Waals surface area (Å²) in [6, 6.07) is 11.4. The summed E-state index contributed by atoms with van der Waals surface area (Å²) < 4.78 is 6.02. The minimum absolute atomic E-state index is 0.0337. The third-order valence-corrected chi connectivity index (χ3v) is 6.20. The van der Waals surface area contributed by atoms with Crippen molar-refractivity contribution in [3.8, 4) is 5.75 Å². The number of rotatable bonds is 9. The average Bonchev–Trinajstić information content (AvgIpc) is 3.25. The van der Waals surface area contributed by atoms with Crippen LogP contribution in [-0.4, -0.2) is 54.5 Å². The van der Waals surface area contributed by atoms with Crippen LogP contribution in [0.15, 0.2) is 41.8 Å². The van der Waals surface area contributed by atoms with Gasteiger partial charge in [0, 0.05) is 24.5 Å². The summed E-state index contributed by atoms with van der Waals surface area (Å²) in [7, 11) is 0. The van der Waals surface area contributed by atoms with Gasteiger partial charge in [-0.1, -0.05) is 32.0 Å². The first-order chi connectivity index (χ1) is 14.6. The molecule has 1 aromatic carbocycles. The fraction of sp³-hybridized carbons (Fsp3) is 0.478. The maximum absolute atomic E-state index is 13.3. The molecule has 3 amide bonds. The van der Waals surface area contributed by atoms with Gasteiger partial charge in [0.15, 0.2) is 0 Å². The Morgan fingerprint density at radius 2 is 2.00 bits per heavy atom. The van der Waals surface area contributed by atoms with Crippen molar-refractivity contribution in [2.75, 3.05) is 32.8 Å². The maximum Gasteiger partial charge on any atom is 0.317 e. The van der Waals surface area contributed by atoms with E-state index in [-0.39, 0.29) is 24.5 Å². The molecule has 1 aliphatic rings. The normalized spacial score (nSPS) is 15.4. The molecule has 0 saturated carbocycles. The number of nitrogens with one attached hydrogen (secondary N) is 1. The SMILES string of the molecule is CCCNC(=O)N(CCC)CC(=O)N1CCc2sccc2[C@@H]1COc1ccccc1. The number of carbonyl (C=O) groups excluding carboxylic acids is 2. The monoisotopic (exact) mass is 429 g/mol. The van der Waals surface area contributed by atoms with E-state index in [1.54, 1.807) is 16.2 Å². The molecule has 2 aromatic rings. The van der Waals surface area contributed by atoms with E-state index in [1.807, 2.05) is 49.1 Å². The van der Waals surface area contributed by atoms with Crippen molar-refractivity contribution in [1.29, 1.82) is 0 Å². The van der Waals surface area contributed by atoms with Crippen molar-refractivity contribution in [3.05, 3.63) is 52.2 Å². The highest BCUT2D eigenvalue weighted by Gasteiger charge is 2.33. The molecule has 6 nitrogen and oxygen atoms in total. The highest BCUT2D eigenvalue weighted by Crippen LogP contribution is 2.34. The summed E-state index contributed by atoms with van der Waals surface area (Å²) in [5, 5.41) is 4.97. The van der Waals surface area contributed by atoms with Gasteiger partial charge in [0.25, 0.3) is 0 Å². The van der Waals surface area contributed by atoms with E-state index in [0.29, 0.717) is 26.2 Å². The van der Waals surface area contributed by atoms with Crippen LogP contribution in [0, 0.1) is 0 Å². The molecule has 7 heteroatoms. The second-order valence-electron chi connectivity index (χ2n) is 7.43. The molecule has 30 heavy (non-hydrogen) atoms. The highest BCUT2D eigenvalue weighted by molar-refractivity contribution is 7.10. The smallest absolute Gasteiger partial charge is 0.317 e. The number of fused-ring (bicyclic) bond motifs is 1. The summed E-state index contributed by atoms with van der Waals surface area (Å²) in [6.45, 7) is 6.33. The van der Waals surface area contributed by atoms with Crippen molar-refractivity contribution in [2.45, 2.75) is 39.2 Å². The van der Waals surface area contributed by atoms with Crippen LogP contribution in [0.25, 0.3) is 0 Å². The van der Waals surface area contributed by atoms with Gasteiger partial charge >= 0.3 is 6.03 Å². The molecule has 2 heterocycles. The zero-order valence-corrected chi connectivity index (χ0v) is 18.6. The lowest BCUT2D eigenvalue weighted by molar-refractivity contribution is -0.135. The Kier molecular flexibility index (Phi) is 8.13. The fourth-order valence-electron chi connectivity index (χ4n) is 3.69. The van der Waals surface area contributed by atoms with E-state index in [9.17, 15) is 9.59 Å². The van der Waals surface area contributed by atoms with Crippen LogP contribution >= 0.6 is 11.3 Å². The molecule has 1 aliphatic heterocycles. The minimum atomic E-state index is -0.169. The summed E-state index contributed by atoms with van der Waals surface area (Å²) >= 11 is 1.73. The summed E-state index contributed by atoms with van der Waals surface area (Å²) in [5.74, 6) is 0.757. The van der Waals surface area contributed by atoms with Crippen molar-refractivity contribution < 1.29 is 14.3 Å². The summed E-state index contributed by atoms with van der Waals surface area (Å²) in [6.07, 6.45) is 2.52. The Labute approximate surface area is 182 Å². The Balaban J connectivity index is 1.72. The summed E-state index contributed by atoms with van der Waals surface area (Å²) in [5.41, 5.74) is 1.16. The van der Waals surface area contributed by atoms with E-state index in [4.69, 9.17) is 4.74 Å². The quantitative estimate of drug-likeness (QED) is 0.653. The van der Waals surface area contributed by atoms with Crippen molar-refractivity contribution >= 4 is 23.3 Å². The average molecular weight is 430 g/mol. The zero-order valence-electron chi connectivity index (χ0n) is 17.8. The predicted octanol–water partition coefficient (Wildman–Crippen LogP) is 4.08. The molecular formula is C23H31N3O3S. The van der Waals surface area contributed by atoms with Crippen LogP contribution in [0.1, 0.15) is 43.2 Å². The number of para-hydroxylation sites is 1. The molecule has 1 aromatic heterocycles. The molecule has 1 N–H and O–H groups in total. The Morgan fingerprint density at radius 1 is 1.20 bits per heavy atom. The number of hydrogen-bond donors (Lipinski definition) is 1. The molecular weight excluding hydrogens is 398 g/mol. The van der Waals surface area contributed by atoms with Crippen molar-refractivity contribution in [2.24, 2.45) is 0 Å². The summed E-state index contributed by atoms with van der Waals surface area (Å²) in [4.78, 5) is 30.6. The number of carbonyl (C=O) groups is 2. The van der Waals surface area contributed by atoms with E-state index in [2.05, 4.69) is 16.8 Å². The van der Waals surface area contributed by atoms with Gasteiger partial charge in [-0.2, -0.15) is 0 Å².